The third-order valence-corrected chi connectivity index (χ3v) is 4.18. The van der Waals surface area contributed by atoms with Crippen molar-refractivity contribution in [3.05, 3.63) is 53.6 Å². The molecule has 0 spiro atoms. The van der Waals surface area contributed by atoms with Gasteiger partial charge in [-0.05, 0) is 24.3 Å². The van der Waals surface area contributed by atoms with Crippen molar-refractivity contribution < 1.29 is 9.94 Å². The Kier molecular flexibility index (Phi) is 2.36. The smallest absolute Gasteiger partial charge is 0.120 e. The molecular formula is C17H14N2O2. The highest BCUT2D eigenvalue weighted by atomic mass is 16.5. The summed E-state index contributed by atoms with van der Waals surface area (Å²) in [6.07, 6.45) is 0. The van der Waals surface area contributed by atoms with E-state index in [2.05, 4.69) is 21.9 Å². The Morgan fingerprint density at radius 2 is 1.90 bits per heavy atom. The summed E-state index contributed by atoms with van der Waals surface area (Å²) in [5.74, 6) is 0.796. The number of benzene rings is 2. The summed E-state index contributed by atoms with van der Waals surface area (Å²) in [7, 11) is 3.69. The largest absolute Gasteiger partial charge is 0.497 e. The number of para-hydroxylation sites is 1. The molecule has 0 saturated carbocycles. The monoisotopic (exact) mass is 278 g/mol. The van der Waals surface area contributed by atoms with Gasteiger partial charge in [0.15, 0.2) is 0 Å². The zero-order valence-electron chi connectivity index (χ0n) is 11.8. The van der Waals surface area contributed by atoms with Crippen LogP contribution in [0.5, 0.6) is 5.75 Å². The average molecular weight is 278 g/mol. The summed E-state index contributed by atoms with van der Waals surface area (Å²) in [5, 5.41) is 14.1. The third kappa shape index (κ3) is 1.41. The normalized spacial score (nSPS) is 14.5. The zero-order valence-corrected chi connectivity index (χ0v) is 11.8. The summed E-state index contributed by atoms with van der Waals surface area (Å²) >= 11 is 0. The van der Waals surface area contributed by atoms with E-state index in [1.165, 1.54) is 0 Å². The molecule has 2 aromatic carbocycles. The Morgan fingerprint density at radius 1 is 1.10 bits per heavy atom. The Balaban J connectivity index is 2.17. The highest BCUT2D eigenvalue weighted by Crippen LogP contribution is 2.43. The molecule has 0 unspecified atom stereocenters. The quantitative estimate of drug-likeness (QED) is 0.428. The molecular weight excluding hydrogens is 264 g/mol. The van der Waals surface area contributed by atoms with Gasteiger partial charge in [-0.15, -0.1) is 0 Å². The standard InChI is InChI=1S/C17H14N2O2/c1-19-14-6-4-3-5-12(14)15-16(18-20)11-8-7-10(21-2)9-13(11)17(15)19/h3-9,20H,1-2H3/b18-16-. The third-order valence-electron chi connectivity index (χ3n) is 4.18. The van der Waals surface area contributed by atoms with Crippen molar-refractivity contribution in [3.8, 4) is 17.0 Å². The van der Waals surface area contributed by atoms with E-state index >= 15 is 0 Å². The second-order valence-corrected chi connectivity index (χ2v) is 5.16. The minimum absolute atomic E-state index is 0.624. The molecule has 4 rings (SSSR count). The van der Waals surface area contributed by atoms with Crippen molar-refractivity contribution in [3.63, 3.8) is 0 Å². The van der Waals surface area contributed by atoms with Gasteiger partial charge in [-0.25, -0.2) is 0 Å². The first-order valence-corrected chi connectivity index (χ1v) is 6.75. The van der Waals surface area contributed by atoms with Crippen LogP contribution in [0.3, 0.4) is 0 Å². The Bertz CT molecular complexity index is 907. The Morgan fingerprint density at radius 3 is 2.67 bits per heavy atom. The molecule has 0 radical (unpaired) electrons. The molecule has 4 nitrogen and oxygen atoms in total. The molecule has 1 N–H and O–H groups in total. The lowest BCUT2D eigenvalue weighted by Gasteiger charge is -2.07. The molecule has 1 aliphatic carbocycles. The summed E-state index contributed by atoms with van der Waals surface area (Å²) in [5.41, 5.74) is 5.77. The fraction of sp³-hybridized carbons (Fsp3) is 0.118. The molecule has 21 heavy (non-hydrogen) atoms. The second kappa shape index (κ2) is 4.12. The first kappa shape index (κ1) is 12.0. The Labute approximate surface area is 121 Å². The molecule has 1 heterocycles. The van der Waals surface area contributed by atoms with Crippen molar-refractivity contribution in [2.75, 3.05) is 7.11 Å². The second-order valence-electron chi connectivity index (χ2n) is 5.16. The van der Waals surface area contributed by atoms with E-state index in [0.717, 1.165) is 39.0 Å². The van der Waals surface area contributed by atoms with E-state index in [1.807, 2.05) is 37.4 Å². The zero-order chi connectivity index (χ0) is 14.6. The molecule has 0 amide bonds. The van der Waals surface area contributed by atoms with E-state index in [9.17, 15) is 5.21 Å². The van der Waals surface area contributed by atoms with Crippen LogP contribution in [0.1, 0.15) is 11.1 Å². The number of hydrogen-bond donors (Lipinski definition) is 1. The van der Waals surface area contributed by atoms with Gasteiger partial charge in [-0.1, -0.05) is 23.4 Å². The van der Waals surface area contributed by atoms with E-state index < -0.39 is 0 Å². The summed E-state index contributed by atoms with van der Waals surface area (Å²) in [6, 6.07) is 14.0. The SMILES string of the molecule is COc1ccc2c(c1)-c1c(c3ccccc3n1C)/C2=N\O. The lowest BCUT2D eigenvalue weighted by Crippen LogP contribution is -1.98. The van der Waals surface area contributed by atoms with Gasteiger partial charge in [0.2, 0.25) is 0 Å². The molecule has 0 atom stereocenters. The van der Waals surface area contributed by atoms with Crippen LogP contribution in [0.2, 0.25) is 0 Å². The van der Waals surface area contributed by atoms with Gasteiger partial charge >= 0.3 is 0 Å². The van der Waals surface area contributed by atoms with Crippen LogP contribution in [0.25, 0.3) is 22.2 Å². The number of aromatic nitrogens is 1. The summed E-state index contributed by atoms with van der Waals surface area (Å²) in [4.78, 5) is 0. The maximum Gasteiger partial charge on any atom is 0.120 e. The van der Waals surface area contributed by atoms with Crippen LogP contribution < -0.4 is 4.74 Å². The fourth-order valence-electron chi connectivity index (χ4n) is 3.24. The van der Waals surface area contributed by atoms with Crippen LogP contribution in [0.15, 0.2) is 47.6 Å². The number of rotatable bonds is 1. The number of fused-ring (bicyclic) bond motifs is 5. The average Bonchev–Trinajstić information content (AvgIpc) is 3.01. The molecule has 104 valence electrons. The molecule has 0 bridgehead atoms. The van der Waals surface area contributed by atoms with Gasteiger partial charge in [-0.2, -0.15) is 0 Å². The molecule has 0 aliphatic heterocycles. The van der Waals surface area contributed by atoms with Crippen LogP contribution in [-0.2, 0) is 7.05 Å². The number of methoxy groups -OCH3 is 1. The minimum atomic E-state index is 0.624. The number of nitrogens with zero attached hydrogens (tertiary/aromatic N) is 2. The summed E-state index contributed by atoms with van der Waals surface area (Å²) < 4.78 is 7.47. The van der Waals surface area contributed by atoms with Gasteiger partial charge < -0.3 is 14.5 Å². The molecule has 0 fully saturated rings. The van der Waals surface area contributed by atoms with Gasteiger partial charge in [0, 0.05) is 34.6 Å². The van der Waals surface area contributed by atoms with Crippen molar-refractivity contribution in [2.24, 2.45) is 12.2 Å². The van der Waals surface area contributed by atoms with Gasteiger partial charge in [-0.3, -0.25) is 0 Å². The maximum atomic E-state index is 9.50. The van der Waals surface area contributed by atoms with E-state index in [0.29, 0.717) is 5.71 Å². The van der Waals surface area contributed by atoms with Crippen LogP contribution >= 0.6 is 0 Å². The number of ether oxygens (including phenoxy) is 1. The van der Waals surface area contributed by atoms with Crippen molar-refractivity contribution in [1.82, 2.24) is 4.57 Å². The van der Waals surface area contributed by atoms with Gasteiger partial charge in [0.1, 0.15) is 11.5 Å². The first-order valence-electron chi connectivity index (χ1n) is 6.75. The highest BCUT2D eigenvalue weighted by molar-refractivity contribution is 6.29. The lowest BCUT2D eigenvalue weighted by molar-refractivity contribution is 0.320. The van der Waals surface area contributed by atoms with Crippen LogP contribution in [0.4, 0.5) is 0 Å². The van der Waals surface area contributed by atoms with Crippen molar-refractivity contribution >= 4 is 16.6 Å². The van der Waals surface area contributed by atoms with Gasteiger partial charge in [0.05, 0.1) is 12.8 Å². The molecule has 0 saturated heterocycles. The number of hydrogen-bond acceptors (Lipinski definition) is 3. The van der Waals surface area contributed by atoms with Gasteiger partial charge in [0.25, 0.3) is 0 Å². The Hall–Kier alpha value is -2.75. The van der Waals surface area contributed by atoms with Crippen LogP contribution in [0, 0.1) is 0 Å². The summed E-state index contributed by atoms with van der Waals surface area (Å²) in [6.45, 7) is 0. The number of oxime groups is 1. The first-order chi connectivity index (χ1) is 10.3. The molecule has 3 aromatic rings. The van der Waals surface area contributed by atoms with Crippen LogP contribution in [-0.4, -0.2) is 22.6 Å². The minimum Gasteiger partial charge on any atom is -0.497 e. The molecule has 4 heteroatoms. The predicted octanol–water partition coefficient (Wildman–Crippen LogP) is 3.39. The topological polar surface area (TPSA) is 46.8 Å². The van der Waals surface area contributed by atoms with Crippen molar-refractivity contribution in [1.29, 1.82) is 0 Å². The lowest BCUT2D eigenvalue weighted by atomic mass is 10.1. The number of aryl methyl sites for hydroxylation is 1. The van der Waals surface area contributed by atoms with Crippen molar-refractivity contribution in [2.45, 2.75) is 0 Å². The molecule has 1 aromatic heterocycles. The highest BCUT2D eigenvalue weighted by Gasteiger charge is 2.31. The van der Waals surface area contributed by atoms with E-state index in [-0.39, 0.29) is 0 Å². The fourth-order valence-corrected chi connectivity index (χ4v) is 3.24. The molecule has 1 aliphatic rings. The van der Waals surface area contributed by atoms with E-state index in [1.54, 1.807) is 7.11 Å². The van der Waals surface area contributed by atoms with E-state index in [4.69, 9.17) is 4.74 Å². The predicted molar refractivity (Wildman–Crippen MR) is 82.3 cm³/mol. The maximum absolute atomic E-state index is 9.50.